The number of hydrogen-bond acceptors (Lipinski definition) is 7. The van der Waals surface area contributed by atoms with Gasteiger partial charge in [-0.3, -0.25) is 4.99 Å². The standard InChI is InChI=1S/C21H48N14O3/c22-11-15(34-18(26)27)6-3-10-31-20(37)32-12-14(23)5-1-2-8-30-21(38)33-13-16(35-19(28)36)7-4-9-29-17(24)25/h14-16H,1-13,22-23H2,(H4,24,25,29)(H4,26,27,34)(H3,28,35,36)(H2,30,33,38)(H2,31,32,37). The largest absolute Gasteiger partial charge is 0.370 e. The predicted octanol–water partition coefficient (Wildman–Crippen LogP) is -3.45. The van der Waals surface area contributed by atoms with Crippen molar-refractivity contribution in [2.45, 2.75) is 63.1 Å². The second kappa shape index (κ2) is 21.4. The Bertz CT molecular complexity index is 741. The van der Waals surface area contributed by atoms with E-state index in [2.05, 4.69) is 36.6 Å². The lowest BCUT2D eigenvalue weighted by Gasteiger charge is -2.18. The fraction of sp³-hybridized carbons (Fsp3) is 0.762. The Morgan fingerprint density at radius 2 is 1.34 bits per heavy atom. The highest BCUT2D eigenvalue weighted by Crippen LogP contribution is 2.00. The van der Waals surface area contributed by atoms with Crippen LogP contribution in [0.3, 0.4) is 0 Å². The Balaban J connectivity index is 3.93. The molecule has 0 aromatic rings. The predicted molar refractivity (Wildman–Crippen MR) is 149 cm³/mol. The zero-order valence-corrected chi connectivity index (χ0v) is 22.1. The highest BCUT2D eigenvalue weighted by molar-refractivity contribution is 5.76. The van der Waals surface area contributed by atoms with Crippen LogP contribution in [0, 0.1) is 0 Å². The van der Waals surface area contributed by atoms with Gasteiger partial charge in [0.2, 0.25) is 0 Å². The molecule has 6 amide bonds. The number of urea groups is 3. The quantitative estimate of drug-likeness (QED) is 0.0411. The average molecular weight is 545 g/mol. The summed E-state index contributed by atoms with van der Waals surface area (Å²) in [4.78, 5) is 43.0. The zero-order chi connectivity index (χ0) is 28.8. The van der Waals surface area contributed by atoms with E-state index in [0.717, 1.165) is 6.42 Å². The van der Waals surface area contributed by atoms with Crippen molar-refractivity contribution in [3.8, 4) is 0 Å². The van der Waals surface area contributed by atoms with Crippen LogP contribution in [0.4, 0.5) is 14.4 Å². The molecule has 220 valence electrons. The molecule has 0 rings (SSSR count). The molecule has 0 fully saturated rings. The molecule has 0 saturated carbocycles. The van der Waals surface area contributed by atoms with Crippen LogP contribution in [0.2, 0.25) is 0 Å². The lowest BCUT2D eigenvalue weighted by molar-refractivity contribution is 0.234. The van der Waals surface area contributed by atoms with Gasteiger partial charge >= 0.3 is 18.1 Å². The third-order valence-electron chi connectivity index (χ3n) is 5.28. The first-order chi connectivity index (χ1) is 18.0. The van der Waals surface area contributed by atoms with Gasteiger partial charge in [-0.05, 0) is 38.5 Å². The Morgan fingerprint density at radius 1 is 0.711 bits per heavy atom. The van der Waals surface area contributed by atoms with Gasteiger partial charge < -0.3 is 66.7 Å². The van der Waals surface area contributed by atoms with Crippen LogP contribution < -0.4 is 66.7 Å². The molecule has 0 bridgehead atoms. The molecule has 0 aliphatic carbocycles. The third-order valence-corrected chi connectivity index (χ3v) is 5.28. The van der Waals surface area contributed by atoms with Gasteiger partial charge in [-0.2, -0.15) is 0 Å². The summed E-state index contributed by atoms with van der Waals surface area (Å²) in [5.74, 6) is -0.00913. The molecule has 38 heavy (non-hydrogen) atoms. The molecule has 19 N–H and O–H groups in total. The summed E-state index contributed by atoms with van der Waals surface area (Å²) in [5.41, 5.74) is 38.1. The number of guanidine groups is 2. The summed E-state index contributed by atoms with van der Waals surface area (Å²) in [6.45, 7) is 2.19. The van der Waals surface area contributed by atoms with E-state index in [0.29, 0.717) is 71.2 Å². The van der Waals surface area contributed by atoms with Crippen LogP contribution in [0.1, 0.15) is 44.9 Å². The van der Waals surface area contributed by atoms with Gasteiger partial charge in [0.15, 0.2) is 11.9 Å². The Hall–Kier alpha value is -3.73. The average Bonchev–Trinajstić information content (AvgIpc) is 2.84. The first kappa shape index (κ1) is 34.3. The molecule has 0 spiro atoms. The number of nitrogens with two attached hydrogens (primary N) is 7. The summed E-state index contributed by atoms with van der Waals surface area (Å²) < 4.78 is 0. The smallest absolute Gasteiger partial charge is 0.314 e. The number of carbonyl (C=O) groups is 3. The van der Waals surface area contributed by atoms with Crippen molar-refractivity contribution >= 4 is 30.0 Å². The lowest BCUT2D eigenvalue weighted by Crippen LogP contribution is -2.48. The number of hydrogen-bond donors (Lipinski definition) is 12. The summed E-state index contributed by atoms with van der Waals surface area (Å²) in [6.07, 6.45) is 4.66. The first-order valence-corrected chi connectivity index (χ1v) is 12.7. The molecule has 0 aromatic heterocycles. The molecular weight excluding hydrogens is 496 g/mol. The van der Waals surface area contributed by atoms with Crippen molar-refractivity contribution in [3.05, 3.63) is 0 Å². The van der Waals surface area contributed by atoms with Gasteiger partial charge in [0, 0.05) is 51.4 Å². The normalized spacial score (nSPS) is 12.8. The van der Waals surface area contributed by atoms with Crippen LogP contribution >= 0.6 is 0 Å². The number of nitrogens with one attached hydrogen (secondary N) is 5. The first-order valence-electron chi connectivity index (χ1n) is 12.7. The Kier molecular flexibility index (Phi) is 19.3. The van der Waals surface area contributed by atoms with E-state index in [4.69, 9.17) is 40.1 Å². The monoisotopic (exact) mass is 544 g/mol. The van der Waals surface area contributed by atoms with Gasteiger partial charge in [-0.15, -0.1) is 0 Å². The van der Waals surface area contributed by atoms with Crippen LogP contribution in [0.15, 0.2) is 9.98 Å². The Labute approximate surface area is 223 Å². The number of unbranched alkanes of at least 4 members (excludes halogenated alkanes) is 1. The van der Waals surface area contributed by atoms with E-state index in [9.17, 15) is 14.4 Å². The van der Waals surface area contributed by atoms with E-state index in [1.807, 2.05) is 0 Å². The molecule has 3 unspecified atom stereocenters. The molecule has 17 nitrogen and oxygen atoms in total. The molecule has 0 saturated heterocycles. The van der Waals surface area contributed by atoms with Crippen LogP contribution in [-0.2, 0) is 0 Å². The maximum absolute atomic E-state index is 12.0. The molecule has 0 radical (unpaired) electrons. The van der Waals surface area contributed by atoms with E-state index >= 15 is 0 Å². The summed E-state index contributed by atoms with van der Waals surface area (Å²) in [6, 6.07) is -2.06. The minimum absolute atomic E-state index is 0.00424. The van der Waals surface area contributed by atoms with Crippen molar-refractivity contribution in [2.75, 3.05) is 39.3 Å². The SMILES string of the molecule is NCC(CCCNC(=O)NCC(N)CCCCNC(=O)NCC(CCCN=C(N)N)NC(N)=O)N=C(N)N. The van der Waals surface area contributed by atoms with Gasteiger partial charge in [-0.25, -0.2) is 19.4 Å². The van der Waals surface area contributed by atoms with Crippen molar-refractivity contribution < 1.29 is 14.4 Å². The minimum Gasteiger partial charge on any atom is -0.370 e. The highest BCUT2D eigenvalue weighted by Gasteiger charge is 2.12. The lowest BCUT2D eigenvalue weighted by atomic mass is 10.1. The van der Waals surface area contributed by atoms with Gasteiger partial charge in [0.1, 0.15) is 0 Å². The zero-order valence-electron chi connectivity index (χ0n) is 22.1. The van der Waals surface area contributed by atoms with Gasteiger partial charge in [0.25, 0.3) is 0 Å². The van der Waals surface area contributed by atoms with E-state index in [-0.39, 0.29) is 48.7 Å². The van der Waals surface area contributed by atoms with Crippen molar-refractivity contribution in [2.24, 2.45) is 50.1 Å². The number of rotatable bonds is 20. The fourth-order valence-electron chi connectivity index (χ4n) is 3.36. The fourth-order valence-corrected chi connectivity index (χ4v) is 3.36. The number of amides is 6. The second-order valence-corrected chi connectivity index (χ2v) is 8.77. The summed E-state index contributed by atoms with van der Waals surface area (Å²) in [5, 5.41) is 13.5. The topological polar surface area (TPSA) is 318 Å². The number of nitrogens with zero attached hydrogens (tertiary/aromatic N) is 2. The Morgan fingerprint density at radius 3 is 1.92 bits per heavy atom. The maximum atomic E-state index is 12.0. The molecule has 0 heterocycles. The molecule has 0 aliphatic heterocycles. The van der Waals surface area contributed by atoms with Crippen molar-refractivity contribution in [1.29, 1.82) is 0 Å². The third kappa shape index (κ3) is 21.5. The maximum Gasteiger partial charge on any atom is 0.314 e. The summed E-state index contributed by atoms with van der Waals surface area (Å²) in [7, 11) is 0. The molecule has 0 aromatic carbocycles. The van der Waals surface area contributed by atoms with Crippen LogP contribution in [-0.4, -0.2) is 87.4 Å². The van der Waals surface area contributed by atoms with Gasteiger partial charge in [0.05, 0.1) is 6.04 Å². The van der Waals surface area contributed by atoms with Crippen LogP contribution in [0.25, 0.3) is 0 Å². The number of primary amides is 1. The van der Waals surface area contributed by atoms with Gasteiger partial charge in [-0.1, -0.05) is 6.42 Å². The van der Waals surface area contributed by atoms with E-state index in [1.165, 1.54) is 0 Å². The molecule has 3 atom stereocenters. The molecule has 0 aliphatic rings. The minimum atomic E-state index is -0.678. The van der Waals surface area contributed by atoms with E-state index in [1.54, 1.807) is 0 Å². The molecule has 17 heteroatoms. The highest BCUT2D eigenvalue weighted by atomic mass is 16.2. The van der Waals surface area contributed by atoms with Crippen LogP contribution in [0.5, 0.6) is 0 Å². The van der Waals surface area contributed by atoms with Crippen molar-refractivity contribution in [3.63, 3.8) is 0 Å². The van der Waals surface area contributed by atoms with Crippen molar-refractivity contribution in [1.82, 2.24) is 26.6 Å². The van der Waals surface area contributed by atoms with E-state index < -0.39 is 6.03 Å². The molecular formula is C21H48N14O3. The number of aliphatic imine (C=N–C) groups is 2. The summed E-state index contributed by atoms with van der Waals surface area (Å²) >= 11 is 0. The number of carbonyl (C=O) groups excluding carboxylic acids is 3. The second-order valence-electron chi connectivity index (χ2n) is 8.77.